The molecule has 2 rings (SSSR count). The number of hydrogen-bond donors (Lipinski definition) is 0. The molecule has 1 aliphatic carbocycles. The molecule has 0 spiro atoms. The molecule has 0 aromatic carbocycles. The SMILES string of the molecule is CC(C)(C)OC(=O)N1CCC2([B-](F)(F)F)CC2C1.[K+]. The molecule has 1 aliphatic heterocycles. The number of halogens is 3. The van der Waals surface area contributed by atoms with Crippen LogP contribution in [0.2, 0.25) is 5.31 Å². The summed E-state index contributed by atoms with van der Waals surface area (Å²) < 4.78 is 43.9. The van der Waals surface area contributed by atoms with Gasteiger partial charge in [-0.25, -0.2) is 4.79 Å². The predicted molar refractivity (Wildman–Crippen MR) is 62.3 cm³/mol. The van der Waals surface area contributed by atoms with Crippen molar-refractivity contribution in [2.75, 3.05) is 13.1 Å². The summed E-state index contributed by atoms with van der Waals surface area (Å²) in [6.45, 7) is 0.762. The first-order valence-electron chi connectivity index (χ1n) is 6.22. The van der Waals surface area contributed by atoms with Crippen molar-refractivity contribution in [2.24, 2.45) is 5.92 Å². The van der Waals surface area contributed by atoms with Crippen LogP contribution in [0.25, 0.3) is 0 Å². The molecule has 0 aromatic rings. The van der Waals surface area contributed by atoms with Gasteiger partial charge >= 0.3 is 64.5 Å². The van der Waals surface area contributed by atoms with Crippen molar-refractivity contribution >= 4 is 13.1 Å². The molecule has 2 aliphatic rings. The fourth-order valence-electron chi connectivity index (χ4n) is 2.71. The van der Waals surface area contributed by atoms with Gasteiger partial charge in [0.25, 0.3) is 0 Å². The summed E-state index contributed by atoms with van der Waals surface area (Å²) in [5.74, 6) is -0.418. The average molecular weight is 303 g/mol. The van der Waals surface area contributed by atoms with E-state index in [4.69, 9.17) is 4.74 Å². The van der Waals surface area contributed by atoms with Crippen LogP contribution < -0.4 is 51.4 Å². The van der Waals surface area contributed by atoms with E-state index in [1.54, 1.807) is 20.8 Å². The topological polar surface area (TPSA) is 29.5 Å². The minimum Gasteiger partial charge on any atom is -0.449 e. The number of fused-ring (bicyclic) bond motifs is 1. The van der Waals surface area contributed by atoms with Crippen LogP contribution in [0.5, 0.6) is 0 Å². The van der Waals surface area contributed by atoms with Crippen molar-refractivity contribution in [3.63, 3.8) is 0 Å². The van der Waals surface area contributed by atoms with E-state index in [2.05, 4.69) is 0 Å². The second kappa shape index (κ2) is 5.51. The van der Waals surface area contributed by atoms with Crippen LogP contribution in [0.1, 0.15) is 33.6 Å². The van der Waals surface area contributed by atoms with E-state index in [-0.39, 0.29) is 77.3 Å². The van der Waals surface area contributed by atoms with Gasteiger partial charge in [0, 0.05) is 13.1 Å². The van der Waals surface area contributed by atoms with Gasteiger partial charge in [-0.1, -0.05) is 18.2 Å². The van der Waals surface area contributed by atoms with Crippen LogP contribution >= 0.6 is 0 Å². The fourth-order valence-corrected chi connectivity index (χ4v) is 2.71. The number of carbonyl (C=O) groups excluding carboxylic acids is 1. The van der Waals surface area contributed by atoms with Crippen molar-refractivity contribution < 1.29 is 73.9 Å². The number of ether oxygens (including phenoxy) is 1. The number of carbonyl (C=O) groups is 1. The number of rotatable bonds is 1. The molecule has 0 aromatic heterocycles. The van der Waals surface area contributed by atoms with Gasteiger partial charge in [0.05, 0.1) is 0 Å². The van der Waals surface area contributed by atoms with Crippen LogP contribution in [0.3, 0.4) is 0 Å². The normalized spacial score (nSPS) is 30.2. The Balaban J connectivity index is 0.00000180. The summed E-state index contributed by atoms with van der Waals surface area (Å²) in [4.78, 5) is 13.2. The summed E-state index contributed by atoms with van der Waals surface area (Å²) in [6.07, 6.45) is -0.298. The number of likely N-dealkylation sites (tertiary alicyclic amines) is 1. The van der Waals surface area contributed by atoms with E-state index < -0.39 is 29.9 Å². The Bertz CT molecular complexity index is 372. The molecule has 0 radical (unpaired) electrons. The maximum atomic E-state index is 12.9. The Morgan fingerprint density at radius 2 is 1.95 bits per heavy atom. The predicted octanol–water partition coefficient (Wildman–Crippen LogP) is 0.239. The molecule has 104 valence electrons. The fraction of sp³-hybridized carbons (Fsp3) is 0.909. The Hall–Kier alpha value is 0.761. The molecule has 3 nitrogen and oxygen atoms in total. The van der Waals surface area contributed by atoms with Gasteiger partial charge in [-0.15, -0.1) is 0 Å². The van der Waals surface area contributed by atoms with Gasteiger partial charge in [0.1, 0.15) is 5.60 Å². The Morgan fingerprint density at radius 3 is 2.37 bits per heavy atom. The Labute approximate surface area is 154 Å². The Morgan fingerprint density at radius 1 is 1.37 bits per heavy atom. The van der Waals surface area contributed by atoms with Crippen molar-refractivity contribution in [3.05, 3.63) is 0 Å². The smallest absolute Gasteiger partial charge is 0.449 e. The van der Waals surface area contributed by atoms with E-state index >= 15 is 0 Å². The third-order valence-corrected chi connectivity index (χ3v) is 3.87. The summed E-state index contributed by atoms with van der Waals surface area (Å²) in [7, 11) is 0. The number of hydrogen-bond acceptors (Lipinski definition) is 2. The standard InChI is InChI=1S/C11H18BF3NO2.K/c1-10(2,3)18-9(17)16-5-4-11(12(13,14)15)6-8(11)7-16;/h8H,4-7H2,1-3H3;/q-1;+1. The average Bonchev–Trinajstić information content (AvgIpc) is 2.87. The van der Waals surface area contributed by atoms with Crippen LogP contribution in [0, 0.1) is 5.92 Å². The van der Waals surface area contributed by atoms with Gasteiger partial charge < -0.3 is 22.6 Å². The largest absolute Gasteiger partial charge is 1.00 e. The van der Waals surface area contributed by atoms with Gasteiger partial charge in [-0.3, -0.25) is 0 Å². The third-order valence-electron chi connectivity index (χ3n) is 3.87. The van der Waals surface area contributed by atoms with Crippen LogP contribution in [-0.4, -0.2) is 36.7 Å². The van der Waals surface area contributed by atoms with Gasteiger partial charge in [-0.05, 0) is 26.7 Å². The molecule has 8 heteroatoms. The maximum absolute atomic E-state index is 12.9. The molecule has 1 saturated heterocycles. The van der Waals surface area contributed by atoms with Gasteiger partial charge in [0.15, 0.2) is 0 Å². The number of amides is 1. The van der Waals surface area contributed by atoms with E-state index in [1.807, 2.05) is 0 Å². The molecular weight excluding hydrogens is 285 g/mol. The zero-order valence-corrected chi connectivity index (χ0v) is 15.0. The van der Waals surface area contributed by atoms with Crippen LogP contribution in [-0.2, 0) is 4.74 Å². The first-order valence-corrected chi connectivity index (χ1v) is 6.22. The molecule has 2 unspecified atom stereocenters. The molecule has 1 saturated carbocycles. The van der Waals surface area contributed by atoms with Crippen molar-refractivity contribution in [3.8, 4) is 0 Å². The van der Waals surface area contributed by atoms with Gasteiger partial charge in [-0.2, -0.15) is 0 Å². The molecule has 0 N–H and O–H groups in total. The van der Waals surface area contributed by atoms with E-state index in [1.165, 1.54) is 4.90 Å². The quantitative estimate of drug-likeness (QED) is 0.650. The van der Waals surface area contributed by atoms with Crippen LogP contribution in [0.4, 0.5) is 17.7 Å². The number of nitrogens with zero attached hydrogens (tertiary/aromatic N) is 1. The minimum absolute atomic E-state index is 0. The summed E-state index contributed by atoms with van der Waals surface area (Å²) >= 11 is 0. The molecule has 1 heterocycles. The maximum Gasteiger partial charge on any atom is 1.00 e. The summed E-state index contributed by atoms with van der Waals surface area (Å²) in [6, 6.07) is 0. The minimum atomic E-state index is -4.80. The molecule has 1 amide bonds. The molecule has 2 fully saturated rings. The third kappa shape index (κ3) is 3.70. The zero-order chi connectivity index (χ0) is 13.8. The molecular formula is C11H18BF3KNO2. The van der Waals surface area contributed by atoms with Crippen molar-refractivity contribution in [2.45, 2.75) is 44.5 Å². The second-order valence-electron chi connectivity index (χ2n) is 6.39. The molecule has 19 heavy (non-hydrogen) atoms. The summed E-state index contributed by atoms with van der Waals surface area (Å²) in [5.41, 5.74) is -0.608. The summed E-state index contributed by atoms with van der Waals surface area (Å²) in [5, 5.41) is -1.46. The number of piperidine rings is 1. The zero-order valence-electron chi connectivity index (χ0n) is 11.9. The monoisotopic (exact) mass is 303 g/mol. The molecule has 0 bridgehead atoms. The molecule has 2 atom stereocenters. The Kier molecular flexibility index (Phi) is 5.17. The van der Waals surface area contributed by atoms with Crippen molar-refractivity contribution in [1.29, 1.82) is 0 Å². The van der Waals surface area contributed by atoms with Crippen molar-refractivity contribution in [1.82, 2.24) is 4.90 Å². The second-order valence-corrected chi connectivity index (χ2v) is 6.39. The van der Waals surface area contributed by atoms with E-state index in [9.17, 15) is 17.7 Å². The first-order chi connectivity index (χ1) is 8.05. The van der Waals surface area contributed by atoms with Crippen LogP contribution in [0.15, 0.2) is 0 Å². The van der Waals surface area contributed by atoms with Gasteiger partial charge in [0.2, 0.25) is 0 Å². The van der Waals surface area contributed by atoms with E-state index in [0.717, 1.165) is 0 Å². The van der Waals surface area contributed by atoms with E-state index in [0.29, 0.717) is 0 Å². The first kappa shape index (κ1) is 17.8.